The summed E-state index contributed by atoms with van der Waals surface area (Å²) in [7, 11) is 1.50. The van der Waals surface area contributed by atoms with Crippen LogP contribution in [0.25, 0.3) is 11.3 Å². The van der Waals surface area contributed by atoms with E-state index in [4.69, 9.17) is 16.3 Å². The Bertz CT molecular complexity index is 617. The van der Waals surface area contributed by atoms with Crippen LogP contribution in [0.5, 0.6) is 5.75 Å². The van der Waals surface area contributed by atoms with Gasteiger partial charge in [0.25, 0.3) is 0 Å². The van der Waals surface area contributed by atoms with Gasteiger partial charge in [0.1, 0.15) is 22.5 Å². The van der Waals surface area contributed by atoms with Crippen LogP contribution in [-0.2, 0) is 6.42 Å². The molecular weight excluding hydrogens is 267 g/mol. The van der Waals surface area contributed by atoms with Gasteiger partial charge in [-0.05, 0) is 19.1 Å². The monoisotopic (exact) mass is 280 g/mol. The van der Waals surface area contributed by atoms with Crippen molar-refractivity contribution in [2.24, 2.45) is 0 Å². The fourth-order valence-corrected chi connectivity index (χ4v) is 1.96. The highest BCUT2D eigenvalue weighted by molar-refractivity contribution is 6.30. The Labute approximate surface area is 116 Å². The van der Waals surface area contributed by atoms with E-state index in [1.165, 1.54) is 13.2 Å². The summed E-state index contributed by atoms with van der Waals surface area (Å²) in [6, 6.07) is 4.66. The third kappa shape index (κ3) is 2.68. The number of hydrogen-bond donors (Lipinski definition) is 0. The predicted molar refractivity (Wildman–Crippen MR) is 73.1 cm³/mol. The molecule has 5 heteroatoms. The predicted octanol–water partition coefficient (Wildman–Crippen LogP) is 3.82. The lowest BCUT2D eigenvalue weighted by atomic mass is 10.1. The van der Waals surface area contributed by atoms with Crippen LogP contribution in [-0.4, -0.2) is 17.1 Å². The molecule has 2 aromatic rings. The summed E-state index contributed by atoms with van der Waals surface area (Å²) < 4.78 is 19.1. The summed E-state index contributed by atoms with van der Waals surface area (Å²) in [6.45, 7) is 3.70. The van der Waals surface area contributed by atoms with E-state index < -0.39 is 0 Å². The molecule has 0 aliphatic heterocycles. The van der Waals surface area contributed by atoms with Crippen molar-refractivity contribution in [2.45, 2.75) is 20.3 Å². The molecule has 2 rings (SSSR count). The highest BCUT2D eigenvalue weighted by Gasteiger charge is 2.14. The van der Waals surface area contributed by atoms with Gasteiger partial charge in [-0.1, -0.05) is 18.5 Å². The first kappa shape index (κ1) is 13.7. The Morgan fingerprint density at radius 2 is 2.05 bits per heavy atom. The van der Waals surface area contributed by atoms with Gasteiger partial charge in [-0.25, -0.2) is 14.4 Å². The van der Waals surface area contributed by atoms with Gasteiger partial charge in [0, 0.05) is 23.6 Å². The van der Waals surface area contributed by atoms with Gasteiger partial charge in [-0.15, -0.1) is 0 Å². The van der Waals surface area contributed by atoms with E-state index in [1.807, 2.05) is 6.92 Å². The Morgan fingerprint density at radius 3 is 2.63 bits per heavy atom. The molecule has 1 heterocycles. The standard InChI is InChI=1S/C14H14ClFN2O/c1-4-12-17-13(8(2)14(15)18-12)10-6-5-9(19-3)7-11(10)16/h5-7H,4H2,1-3H3. The Morgan fingerprint density at radius 1 is 1.32 bits per heavy atom. The molecule has 1 aromatic heterocycles. The molecule has 0 saturated carbocycles. The van der Waals surface area contributed by atoms with E-state index >= 15 is 0 Å². The third-order valence-corrected chi connectivity index (χ3v) is 3.25. The van der Waals surface area contributed by atoms with Crippen molar-refractivity contribution in [1.82, 2.24) is 9.97 Å². The molecule has 3 nitrogen and oxygen atoms in total. The fourth-order valence-electron chi connectivity index (χ4n) is 1.77. The number of rotatable bonds is 3. The number of methoxy groups -OCH3 is 1. The van der Waals surface area contributed by atoms with E-state index in [0.29, 0.717) is 40.0 Å². The summed E-state index contributed by atoms with van der Waals surface area (Å²) in [5.74, 6) is 0.676. The first-order chi connectivity index (χ1) is 9.06. The molecule has 19 heavy (non-hydrogen) atoms. The molecule has 0 bridgehead atoms. The maximum Gasteiger partial charge on any atom is 0.136 e. The minimum Gasteiger partial charge on any atom is -0.497 e. The van der Waals surface area contributed by atoms with E-state index in [-0.39, 0.29) is 5.82 Å². The lowest BCUT2D eigenvalue weighted by Gasteiger charge is -2.10. The van der Waals surface area contributed by atoms with Crippen LogP contribution < -0.4 is 4.74 Å². The minimum absolute atomic E-state index is 0.358. The molecular formula is C14H14ClFN2O. The Hall–Kier alpha value is -1.68. The lowest BCUT2D eigenvalue weighted by Crippen LogP contribution is -2.01. The van der Waals surface area contributed by atoms with Crippen molar-refractivity contribution in [2.75, 3.05) is 7.11 Å². The molecule has 0 radical (unpaired) electrons. The van der Waals surface area contributed by atoms with Crippen LogP contribution in [0.15, 0.2) is 18.2 Å². The van der Waals surface area contributed by atoms with Gasteiger partial charge >= 0.3 is 0 Å². The van der Waals surface area contributed by atoms with Crippen LogP contribution in [0, 0.1) is 12.7 Å². The topological polar surface area (TPSA) is 35.0 Å². The number of nitrogens with zero attached hydrogens (tertiary/aromatic N) is 2. The SMILES string of the molecule is CCc1nc(Cl)c(C)c(-c2ccc(OC)cc2F)n1. The van der Waals surface area contributed by atoms with Crippen molar-refractivity contribution in [3.05, 3.63) is 40.6 Å². The zero-order valence-electron chi connectivity index (χ0n) is 11.0. The summed E-state index contributed by atoms with van der Waals surface area (Å²) >= 11 is 6.06. The zero-order valence-corrected chi connectivity index (χ0v) is 11.8. The molecule has 0 spiro atoms. The smallest absolute Gasteiger partial charge is 0.136 e. The van der Waals surface area contributed by atoms with Crippen LogP contribution in [0.1, 0.15) is 18.3 Å². The number of aromatic nitrogens is 2. The molecule has 0 unspecified atom stereocenters. The van der Waals surface area contributed by atoms with E-state index in [2.05, 4.69) is 9.97 Å². The summed E-state index contributed by atoms with van der Waals surface area (Å²) in [4.78, 5) is 8.51. The summed E-state index contributed by atoms with van der Waals surface area (Å²) in [5, 5.41) is 0.358. The molecule has 100 valence electrons. The Balaban J connectivity index is 2.61. The highest BCUT2D eigenvalue weighted by Crippen LogP contribution is 2.29. The number of benzene rings is 1. The number of hydrogen-bond acceptors (Lipinski definition) is 3. The second kappa shape index (κ2) is 5.53. The summed E-state index contributed by atoms with van der Waals surface area (Å²) in [6.07, 6.45) is 0.644. The number of ether oxygens (including phenoxy) is 1. The second-order valence-electron chi connectivity index (χ2n) is 4.10. The maximum atomic E-state index is 14.1. The van der Waals surface area contributed by atoms with Crippen LogP contribution in [0.2, 0.25) is 5.15 Å². The van der Waals surface area contributed by atoms with Gasteiger partial charge in [0.05, 0.1) is 12.8 Å². The van der Waals surface area contributed by atoms with E-state index in [1.54, 1.807) is 19.1 Å². The number of halogens is 2. The molecule has 0 amide bonds. The zero-order chi connectivity index (χ0) is 14.0. The van der Waals surface area contributed by atoms with Crippen LogP contribution >= 0.6 is 11.6 Å². The van der Waals surface area contributed by atoms with Gasteiger partial charge in [-0.2, -0.15) is 0 Å². The average molecular weight is 281 g/mol. The fraction of sp³-hybridized carbons (Fsp3) is 0.286. The average Bonchev–Trinajstić information content (AvgIpc) is 2.42. The van der Waals surface area contributed by atoms with Gasteiger partial charge in [0.15, 0.2) is 0 Å². The molecule has 1 aromatic carbocycles. The van der Waals surface area contributed by atoms with Crippen molar-refractivity contribution in [1.29, 1.82) is 0 Å². The highest BCUT2D eigenvalue weighted by atomic mass is 35.5. The maximum absolute atomic E-state index is 14.1. The third-order valence-electron chi connectivity index (χ3n) is 2.88. The Kier molecular flexibility index (Phi) is 4.00. The number of aryl methyl sites for hydroxylation is 1. The second-order valence-corrected chi connectivity index (χ2v) is 4.46. The first-order valence-electron chi connectivity index (χ1n) is 5.93. The van der Waals surface area contributed by atoms with Crippen molar-refractivity contribution >= 4 is 11.6 Å². The van der Waals surface area contributed by atoms with Crippen molar-refractivity contribution in [3.63, 3.8) is 0 Å². The lowest BCUT2D eigenvalue weighted by molar-refractivity contribution is 0.411. The van der Waals surface area contributed by atoms with Gasteiger partial charge in [-0.3, -0.25) is 0 Å². The molecule has 0 saturated heterocycles. The summed E-state index contributed by atoms with van der Waals surface area (Å²) in [5.41, 5.74) is 1.59. The van der Waals surface area contributed by atoms with Crippen LogP contribution in [0.4, 0.5) is 4.39 Å². The van der Waals surface area contributed by atoms with Gasteiger partial charge in [0.2, 0.25) is 0 Å². The van der Waals surface area contributed by atoms with E-state index in [9.17, 15) is 4.39 Å². The first-order valence-corrected chi connectivity index (χ1v) is 6.31. The van der Waals surface area contributed by atoms with Crippen molar-refractivity contribution < 1.29 is 9.13 Å². The van der Waals surface area contributed by atoms with Gasteiger partial charge < -0.3 is 4.74 Å². The minimum atomic E-state index is -0.390. The van der Waals surface area contributed by atoms with E-state index in [0.717, 1.165) is 0 Å². The molecule has 0 fully saturated rings. The van der Waals surface area contributed by atoms with Crippen molar-refractivity contribution in [3.8, 4) is 17.0 Å². The van der Waals surface area contributed by atoms with Crippen LogP contribution in [0.3, 0.4) is 0 Å². The normalized spacial score (nSPS) is 10.6. The molecule has 0 aliphatic carbocycles. The largest absolute Gasteiger partial charge is 0.497 e. The molecule has 0 N–H and O–H groups in total. The quantitative estimate of drug-likeness (QED) is 0.802. The molecule has 0 aliphatic rings. The molecule has 0 atom stereocenters.